The van der Waals surface area contributed by atoms with Crippen LogP contribution in [0.2, 0.25) is 0 Å². The molecule has 0 aliphatic carbocycles. The molecule has 23 heavy (non-hydrogen) atoms. The van der Waals surface area contributed by atoms with Crippen LogP contribution in [-0.4, -0.2) is 35.6 Å². The van der Waals surface area contributed by atoms with E-state index in [1.165, 1.54) is 4.88 Å². The Morgan fingerprint density at radius 3 is 3.00 bits per heavy atom. The Labute approximate surface area is 139 Å². The Morgan fingerprint density at radius 2 is 2.30 bits per heavy atom. The van der Waals surface area contributed by atoms with Crippen LogP contribution in [0.4, 0.5) is 0 Å². The van der Waals surface area contributed by atoms with Gasteiger partial charge in [0.1, 0.15) is 5.76 Å². The molecule has 0 unspecified atom stereocenters. The summed E-state index contributed by atoms with van der Waals surface area (Å²) in [5, 5.41) is 11.2. The van der Waals surface area contributed by atoms with Crippen LogP contribution in [-0.2, 0) is 4.79 Å². The van der Waals surface area contributed by atoms with Gasteiger partial charge in [-0.05, 0) is 36.4 Å². The lowest BCUT2D eigenvalue weighted by Crippen LogP contribution is -2.32. The van der Waals surface area contributed by atoms with Crippen molar-refractivity contribution in [3.8, 4) is 0 Å². The van der Waals surface area contributed by atoms with Crippen LogP contribution >= 0.6 is 11.3 Å². The predicted molar refractivity (Wildman–Crippen MR) is 91.5 cm³/mol. The third kappa shape index (κ3) is 4.00. The first kappa shape index (κ1) is 15.8. The number of aliphatic carboxylic acids is 1. The van der Waals surface area contributed by atoms with E-state index in [9.17, 15) is 4.79 Å². The van der Waals surface area contributed by atoms with Crippen molar-refractivity contribution in [3.05, 3.63) is 64.3 Å². The third-order valence-electron chi connectivity index (χ3n) is 3.87. The number of carboxylic acids is 1. The molecule has 1 N–H and O–H groups in total. The van der Waals surface area contributed by atoms with E-state index in [0.717, 1.165) is 37.3 Å². The zero-order valence-corrected chi connectivity index (χ0v) is 13.6. The molecule has 0 radical (unpaired) electrons. The maximum absolute atomic E-state index is 11.1. The minimum Gasteiger partial charge on any atom is -0.478 e. The molecule has 0 saturated carbocycles. The van der Waals surface area contributed by atoms with Crippen LogP contribution in [0, 0.1) is 0 Å². The Bertz CT molecular complexity index is 662. The molecule has 2 aromatic heterocycles. The van der Waals surface area contributed by atoms with Crippen molar-refractivity contribution in [2.45, 2.75) is 12.8 Å². The van der Waals surface area contributed by atoms with Crippen molar-refractivity contribution in [1.29, 1.82) is 0 Å². The molecule has 0 aromatic carbocycles. The Balaban J connectivity index is 1.66. The molecular weight excluding hydrogens is 310 g/mol. The zero-order valence-electron chi connectivity index (χ0n) is 12.8. The van der Waals surface area contributed by atoms with Crippen molar-refractivity contribution in [2.24, 2.45) is 0 Å². The van der Waals surface area contributed by atoms with Crippen molar-refractivity contribution < 1.29 is 14.3 Å². The summed E-state index contributed by atoms with van der Waals surface area (Å²) in [5.74, 6) is 0.0670. The van der Waals surface area contributed by atoms with Gasteiger partial charge in [0.25, 0.3) is 0 Å². The van der Waals surface area contributed by atoms with Crippen LogP contribution < -0.4 is 0 Å². The normalized spacial score (nSPS) is 16.3. The fourth-order valence-electron chi connectivity index (χ4n) is 2.73. The molecule has 1 aliphatic rings. The summed E-state index contributed by atoms with van der Waals surface area (Å²) in [4.78, 5) is 14.4. The number of carbonyl (C=O) groups is 1. The lowest BCUT2D eigenvalue weighted by Gasteiger charge is -2.25. The fourth-order valence-corrected chi connectivity index (χ4v) is 3.50. The van der Waals surface area contributed by atoms with Gasteiger partial charge >= 0.3 is 5.97 Å². The molecule has 0 bridgehead atoms. The number of hydrogen-bond acceptors (Lipinski definition) is 4. The maximum Gasteiger partial charge on any atom is 0.332 e. The van der Waals surface area contributed by atoms with Gasteiger partial charge in [-0.15, -0.1) is 11.3 Å². The lowest BCUT2D eigenvalue weighted by molar-refractivity contribution is -0.133. The molecular formula is C18H19NO3S. The summed E-state index contributed by atoms with van der Waals surface area (Å²) in [6.45, 7) is 2.29. The monoisotopic (exact) mass is 329 g/mol. The number of thiophene rings is 1. The first-order valence-electron chi connectivity index (χ1n) is 7.66. The quantitative estimate of drug-likeness (QED) is 0.874. The molecule has 0 amide bonds. The SMILES string of the molecule is O=C(O)C1=CCCN(CCC=C(c2ccco2)c2cccs2)C1. The van der Waals surface area contributed by atoms with E-state index in [1.807, 2.05) is 24.3 Å². The van der Waals surface area contributed by atoms with E-state index >= 15 is 0 Å². The number of carboxylic acid groups (broad SMARTS) is 1. The molecule has 0 spiro atoms. The van der Waals surface area contributed by atoms with Crippen molar-refractivity contribution in [1.82, 2.24) is 4.90 Å². The summed E-state index contributed by atoms with van der Waals surface area (Å²) in [6.07, 6.45) is 7.37. The largest absolute Gasteiger partial charge is 0.478 e. The van der Waals surface area contributed by atoms with Crippen molar-refractivity contribution in [2.75, 3.05) is 19.6 Å². The highest BCUT2D eigenvalue weighted by Gasteiger charge is 2.17. The number of furan rings is 1. The van der Waals surface area contributed by atoms with E-state index in [4.69, 9.17) is 9.52 Å². The van der Waals surface area contributed by atoms with Gasteiger partial charge in [-0.1, -0.05) is 18.2 Å². The smallest absolute Gasteiger partial charge is 0.332 e. The molecule has 1 aliphatic heterocycles. The van der Waals surface area contributed by atoms with Gasteiger partial charge < -0.3 is 9.52 Å². The lowest BCUT2D eigenvalue weighted by atomic mass is 10.1. The Morgan fingerprint density at radius 1 is 1.39 bits per heavy atom. The zero-order chi connectivity index (χ0) is 16.1. The van der Waals surface area contributed by atoms with Crippen LogP contribution in [0.3, 0.4) is 0 Å². The van der Waals surface area contributed by atoms with Crippen molar-refractivity contribution >= 4 is 22.9 Å². The Hall–Kier alpha value is -2.11. The molecule has 2 aromatic rings. The van der Waals surface area contributed by atoms with E-state index in [-0.39, 0.29) is 0 Å². The fraction of sp³-hybridized carbons (Fsp3) is 0.278. The Kier molecular flexibility index (Phi) is 5.10. The first-order valence-corrected chi connectivity index (χ1v) is 8.54. The molecule has 5 heteroatoms. The third-order valence-corrected chi connectivity index (χ3v) is 4.77. The highest BCUT2D eigenvalue weighted by Crippen LogP contribution is 2.28. The van der Waals surface area contributed by atoms with E-state index in [2.05, 4.69) is 22.4 Å². The summed E-state index contributed by atoms with van der Waals surface area (Å²) < 4.78 is 5.55. The summed E-state index contributed by atoms with van der Waals surface area (Å²) in [6, 6.07) is 7.99. The van der Waals surface area contributed by atoms with E-state index in [1.54, 1.807) is 17.6 Å². The van der Waals surface area contributed by atoms with Crippen LogP contribution in [0.15, 0.2) is 58.1 Å². The molecule has 0 atom stereocenters. The molecule has 0 fully saturated rings. The molecule has 0 saturated heterocycles. The average molecular weight is 329 g/mol. The minimum atomic E-state index is -0.805. The highest BCUT2D eigenvalue weighted by atomic mass is 32.1. The molecule has 120 valence electrons. The van der Waals surface area contributed by atoms with Gasteiger partial charge in [-0.25, -0.2) is 4.79 Å². The van der Waals surface area contributed by atoms with Crippen molar-refractivity contribution in [3.63, 3.8) is 0 Å². The average Bonchev–Trinajstić information content (AvgIpc) is 3.25. The van der Waals surface area contributed by atoms with Gasteiger partial charge in [-0.3, -0.25) is 4.90 Å². The molecule has 3 rings (SSSR count). The number of hydrogen-bond donors (Lipinski definition) is 1. The van der Waals surface area contributed by atoms with E-state index < -0.39 is 5.97 Å². The van der Waals surface area contributed by atoms with Crippen LogP contribution in [0.5, 0.6) is 0 Å². The maximum atomic E-state index is 11.1. The summed E-state index contributed by atoms with van der Waals surface area (Å²) in [5.41, 5.74) is 1.61. The highest BCUT2D eigenvalue weighted by molar-refractivity contribution is 7.11. The standard InChI is InChI=1S/C18H19NO3S/c20-18(21)14-5-1-9-19(13-14)10-2-6-15(16-7-3-11-22-16)17-8-4-12-23-17/h3-8,11-12H,1-2,9-10,13H2,(H,20,21). The first-order chi connectivity index (χ1) is 11.2. The van der Waals surface area contributed by atoms with Gasteiger partial charge in [0.15, 0.2) is 0 Å². The van der Waals surface area contributed by atoms with Crippen LogP contribution in [0.25, 0.3) is 5.57 Å². The second-order valence-electron chi connectivity index (χ2n) is 5.46. The second kappa shape index (κ2) is 7.44. The predicted octanol–water partition coefficient (Wildman–Crippen LogP) is 3.88. The minimum absolute atomic E-state index is 0.504. The second-order valence-corrected chi connectivity index (χ2v) is 6.41. The topological polar surface area (TPSA) is 53.7 Å². The summed E-state index contributed by atoms with van der Waals surface area (Å²) in [7, 11) is 0. The van der Waals surface area contributed by atoms with Gasteiger partial charge in [0.2, 0.25) is 0 Å². The van der Waals surface area contributed by atoms with E-state index in [0.29, 0.717) is 12.1 Å². The summed E-state index contributed by atoms with van der Waals surface area (Å²) >= 11 is 1.69. The van der Waals surface area contributed by atoms with Gasteiger partial charge in [0.05, 0.1) is 6.26 Å². The molecule has 3 heterocycles. The van der Waals surface area contributed by atoms with Gasteiger partial charge in [0, 0.05) is 35.7 Å². The van der Waals surface area contributed by atoms with Crippen LogP contribution in [0.1, 0.15) is 23.5 Å². The number of rotatable bonds is 6. The van der Waals surface area contributed by atoms with Gasteiger partial charge in [-0.2, -0.15) is 0 Å². The number of nitrogens with zero attached hydrogens (tertiary/aromatic N) is 1. The molecule has 4 nitrogen and oxygen atoms in total.